The Hall–Kier alpha value is -2.76. The molecule has 0 atom stereocenters. The Labute approximate surface area is 134 Å². The lowest BCUT2D eigenvalue weighted by Gasteiger charge is -2.18. The number of hydrogen-bond donors (Lipinski definition) is 2. The number of rotatable bonds is 4. The number of nitrogens with one attached hydrogen (secondary N) is 2. The lowest BCUT2D eigenvalue weighted by molar-refractivity contribution is 0.171. The lowest BCUT2D eigenvalue weighted by atomic mass is 10.1. The minimum atomic E-state index is -0.260. The fourth-order valence-electron chi connectivity index (χ4n) is 2.33. The molecule has 23 heavy (non-hydrogen) atoms. The summed E-state index contributed by atoms with van der Waals surface area (Å²) in [6, 6.07) is 9.32. The van der Waals surface area contributed by atoms with E-state index in [0.717, 1.165) is 22.6 Å². The minimum Gasteiger partial charge on any atom is -0.486 e. The van der Waals surface area contributed by atoms with E-state index < -0.39 is 0 Å². The highest BCUT2D eigenvalue weighted by molar-refractivity contribution is 5.88. The first kappa shape index (κ1) is 15.1. The molecule has 0 unspecified atom stereocenters. The highest BCUT2D eigenvalue weighted by Crippen LogP contribution is 2.30. The Morgan fingerprint density at radius 1 is 1.22 bits per heavy atom. The molecule has 6 nitrogen and oxygen atoms in total. The standard InChI is InChI=1S/C17H19N3O3/c1-12-3-2-7-18-16(12)20-17(21)19-8-6-13-4-5-14-15(11-13)23-10-9-22-14/h2-5,7,11H,6,8-10H2,1H3,(H2,18,19,20,21). The maximum Gasteiger partial charge on any atom is 0.320 e. The van der Waals surface area contributed by atoms with Gasteiger partial charge in [-0.05, 0) is 42.7 Å². The zero-order chi connectivity index (χ0) is 16.1. The highest BCUT2D eigenvalue weighted by Gasteiger charge is 2.11. The summed E-state index contributed by atoms with van der Waals surface area (Å²) in [6.45, 7) is 3.58. The topological polar surface area (TPSA) is 72.5 Å². The molecule has 120 valence electrons. The maximum absolute atomic E-state index is 11.9. The van der Waals surface area contributed by atoms with Gasteiger partial charge in [-0.25, -0.2) is 9.78 Å². The number of carbonyl (C=O) groups is 1. The van der Waals surface area contributed by atoms with Gasteiger partial charge in [0.2, 0.25) is 0 Å². The predicted molar refractivity (Wildman–Crippen MR) is 87.1 cm³/mol. The molecule has 2 amide bonds. The molecule has 1 aromatic heterocycles. The van der Waals surface area contributed by atoms with Gasteiger partial charge in [0.05, 0.1) is 0 Å². The Bertz CT molecular complexity index is 703. The number of aryl methyl sites for hydroxylation is 1. The van der Waals surface area contributed by atoms with Crippen LogP contribution in [0.4, 0.5) is 10.6 Å². The summed E-state index contributed by atoms with van der Waals surface area (Å²) in [5.41, 5.74) is 2.01. The van der Waals surface area contributed by atoms with Crippen LogP contribution in [-0.2, 0) is 6.42 Å². The van der Waals surface area contributed by atoms with Crippen LogP contribution < -0.4 is 20.1 Å². The van der Waals surface area contributed by atoms with Crippen LogP contribution in [0.5, 0.6) is 11.5 Å². The molecule has 0 bridgehead atoms. The average Bonchev–Trinajstić information content (AvgIpc) is 2.57. The van der Waals surface area contributed by atoms with Crippen LogP contribution in [0.3, 0.4) is 0 Å². The molecule has 2 N–H and O–H groups in total. The molecule has 3 rings (SSSR count). The second-order valence-electron chi connectivity index (χ2n) is 5.28. The maximum atomic E-state index is 11.9. The fourth-order valence-corrected chi connectivity index (χ4v) is 2.33. The van der Waals surface area contributed by atoms with Gasteiger partial charge in [-0.3, -0.25) is 5.32 Å². The van der Waals surface area contributed by atoms with Crippen molar-refractivity contribution in [2.75, 3.05) is 25.1 Å². The lowest BCUT2D eigenvalue weighted by Crippen LogP contribution is -2.31. The third-order valence-corrected chi connectivity index (χ3v) is 3.55. The minimum absolute atomic E-state index is 0.260. The Morgan fingerprint density at radius 3 is 2.87 bits per heavy atom. The molecule has 2 aromatic rings. The summed E-state index contributed by atoms with van der Waals surface area (Å²) in [5, 5.41) is 5.57. The van der Waals surface area contributed by atoms with Crippen molar-refractivity contribution in [3.63, 3.8) is 0 Å². The average molecular weight is 313 g/mol. The fraction of sp³-hybridized carbons (Fsp3) is 0.294. The number of carbonyl (C=O) groups excluding carboxylic acids is 1. The van der Waals surface area contributed by atoms with E-state index in [4.69, 9.17) is 9.47 Å². The van der Waals surface area contributed by atoms with Crippen molar-refractivity contribution in [2.45, 2.75) is 13.3 Å². The first-order valence-corrected chi connectivity index (χ1v) is 7.57. The van der Waals surface area contributed by atoms with Crippen molar-refractivity contribution >= 4 is 11.8 Å². The summed E-state index contributed by atoms with van der Waals surface area (Å²) >= 11 is 0. The molecule has 1 aromatic carbocycles. The van der Waals surface area contributed by atoms with E-state index in [1.807, 2.05) is 37.3 Å². The van der Waals surface area contributed by atoms with Gasteiger partial charge < -0.3 is 14.8 Å². The third-order valence-electron chi connectivity index (χ3n) is 3.55. The van der Waals surface area contributed by atoms with Gasteiger partial charge in [-0.15, -0.1) is 0 Å². The van der Waals surface area contributed by atoms with Crippen LogP contribution in [0.25, 0.3) is 0 Å². The van der Waals surface area contributed by atoms with E-state index in [0.29, 0.717) is 32.0 Å². The first-order chi connectivity index (χ1) is 11.2. The van der Waals surface area contributed by atoms with Crippen molar-refractivity contribution in [3.05, 3.63) is 47.7 Å². The molecule has 0 aliphatic carbocycles. The largest absolute Gasteiger partial charge is 0.486 e. The zero-order valence-corrected chi connectivity index (χ0v) is 13.0. The number of fused-ring (bicyclic) bond motifs is 1. The van der Waals surface area contributed by atoms with Crippen molar-refractivity contribution in [3.8, 4) is 11.5 Å². The molecule has 6 heteroatoms. The van der Waals surface area contributed by atoms with Crippen LogP contribution in [0.1, 0.15) is 11.1 Å². The highest BCUT2D eigenvalue weighted by atomic mass is 16.6. The number of anilines is 1. The molecule has 0 fully saturated rings. The summed E-state index contributed by atoms with van der Waals surface area (Å²) in [7, 11) is 0. The van der Waals surface area contributed by atoms with Gasteiger partial charge in [-0.1, -0.05) is 12.1 Å². The second kappa shape index (κ2) is 7.00. The molecule has 0 saturated heterocycles. The molecule has 1 aliphatic heterocycles. The van der Waals surface area contributed by atoms with E-state index in [-0.39, 0.29) is 6.03 Å². The van der Waals surface area contributed by atoms with E-state index in [9.17, 15) is 4.79 Å². The molecular weight excluding hydrogens is 294 g/mol. The van der Waals surface area contributed by atoms with Gasteiger partial charge in [0.1, 0.15) is 19.0 Å². The van der Waals surface area contributed by atoms with Crippen molar-refractivity contribution < 1.29 is 14.3 Å². The summed E-state index contributed by atoms with van der Waals surface area (Å²) in [6.07, 6.45) is 2.36. The molecule has 0 radical (unpaired) electrons. The smallest absolute Gasteiger partial charge is 0.320 e. The van der Waals surface area contributed by atoms with Gasteiger partial charge >= 0.3 is 6.03 Å². The van der Waals surface area contributed by atoms with E-state index >= 15 is 0 Å². The third kappa shape index (κ3) is 3.91. The van der Waals surface area contributed by atoms with Crippen molar-refractivity contribution in [1.82, 2.24) is 10.3 Å². The van der Waals surface area contributed by atoms with Gasteiger partial charge in [0.15, 0.2) is 11.5 Å². The molecule has 0 saturated carbocycles. The van der Waals surface area contributed by atoms with Crippen molar-refractivity contribution in [1.29, 1.82) is 0 Å². The van der Waals surface area contributed by atoms with Crippen LogP contribution >= 0.6 is 0 Å². The van der Waals surface area contributed by atoms with E-state index in [2.05, 4.69) is 15.6 Å². The normalized spacial score (nSPS) is 12.6. The Balaban J connectivity index is 1.49. The quantitative estimate of drug-likeness (QED) is 0.910. The van der Waals surface area contributed by atoms with Crippen LogP contribution in [0, 0.1) is 6.92 Å². The number of amides is 2. The van der Waals surface area contributed by atoms with E-state index in [1.165, 1.54) is 0 Å². The first-order valence-electron chi connectivity index (χ1n) is 7.57. The van der Waals surface area contributed by atoms with Crippen LogP contribution in [0.2, 0.25) is 0 Å². The monoisotopic (exact) mass is 313 g/mol. The van der Waals surface area contributed by atoms with Gasteiger partial charge in [0.25, 0.3) is 0 Å². The van der Waals surface area contributed by atoms with Gasteiger partial charge in [-0.2, -0.15) is 0 Å². The number of hydrogen-bond acceptors (Lipinski definition) is 4. The number of urea groups is 1. The van der Waals surface area contributed by atoms with Crippen LogP contribution in [0.15, 0.2) is 36.5 Å². The van der Waals surface area contributed by atoms with Crippen molar-refractivity contribution in [2.24, 2.45) is 0 Å². The summed E-state index contributed by atoms with van der Waals surface area (Å²) < 4.78 is 11.0. The molecular formula is C17H19N3O3. The second-order valence-corrected chi connectivity index (χ2v) is 5.28. The number of benzene rings is 1. The summed E-state index contributed by atoms with van der Waals surface area (Å²) in [5.74, 6) is 2.11. The number of pyridine rings is 1. The predicted octanol–water partition coefficient (Wildman–Crippen LogP) is 2.53. The zero-order valence-electron chi connectivity index (χ0n) is 13.0. The van der Waals surface area contributed by atoms with Crippen LogP contribution in [-0.4, -0.2) is 30.8 Å². The number of nitrogens with zero attached hydrogens (tertiary/aromatic N) is 1. The van der Waals surface area contributed by atoms with Gasteiger partial charge in [0, 0.05) is 12.7 Å². The summed E-state index contributed by atoms with van der Waals surface area (Å²) in [4.78, 5) is 16.0. The Kier molecular flexibility index (Phi) is 4.61. The Morgan fingerprint density at radius 2 is 2.04 bits per heavy atom. The van der Waals surface area contributed by atoms with E-state index in [1.54, 1.807) is 6.20 Å². The number of ether oxygens (including phenoxy) is 2. The SMILES string of the molecule is Cc1cccnc1NC(=O)NCCc1ccc2c(c1)OCCO2. The molecule has 0 spiro atoms. The number of aromatic nitrogens is 1. The molecule has 2 heterocycles. The molecule has 1 aliphatic rings.